The summed E-state index contributed by atoms with van der Waals surface area (Å²) in [7, 11) is -2.89. The number of anilines is 1. The maximum atomic E-state index is 14.7. The first kappa shape index (κ1) is 35.5. The Morgan fingerprint density at radius 2 is 1.57 bits per heavy atom. The zero-order valence-electron chi connectivity index (χ0n) is 27.4. The quantitative estimate of drug-likeness (QED) is 0.160. The second-order valence-corrected chi connectivity index (χ2v) is 13.9. The third kappa shape index (κ3) is 8.93. The van der Waals surface area contributed by atoms with Gasteiger partial charge in [-0.3, -0.25) is 13.9 Å². The van der Waals surface area contributed by atoms with Crippen molar-refractivity contribution >= 4 is 39.1 Å². The van der Waals surface area contributed by atoms with Gasteiger partial charge in [0.25, 0.3) is 10.0 Å². The number of hydrogen-bond donors (Lipinski definition) is 1. The van der Waals surface area contributed by atoms with E-state index in [0.717, 1.165) is 26.6 Å². The SMILES string of the molecule is CC[C@@H](C)NC(=O)[C@H](Cc1ccccc1)N(Cc1ccccc1C)C(=O)CN(c1cc(Cl)ccc1OC)S(=O)(=O)c1ccc(C)cc1. The summed E-state index contributed by atoms with van der Waals surface area (Å²) in [6, 6.07) is 27.0. The standard InChI is InChI=1S/C37H42ClN3O5S/c1-6-28(4)39-37(43)34(22-29-13-8-7-9-14-29)40(24-30-15-11-10-12-27(30)3)36(42)25-41(33-23-31(38)18-21-35(33)46-5)47(44,45)32-19-16-26(2)17-20-32/h7-21,23,28,34H,6,22,24-25H2,1-5H3,(H,39,43)/t28-,34+/m1/s1. The fourth-order valence-corrected chi connectivity index (χ4v) is 6.76. The van der Waals surface area contributed by atoms with Crippen LogP contribution in [0, 0.1) is 13.8 Å². The van der Waals surface area contributed by atoms with Gasteiger partial charge in [-0.15, -0.1) is 0 Å². The van der Waals surface area contributed by atoms with Gasteiger partial charge in [0.1, 0.15) is 18.3 Å². The maximum absolute atomic E-state index is 14.7. The van der Waals surface area contributed by atoms with Crippen LogP contribution in [0.4, 0.5) is 5.69 Å². The first-order chi connectivity index (χ1) is 22.4. The Kier molecular flexibility index (Phi) is 12.1. The summed E-state index contributed by atoms with van der Waals surface area (Å²) >= 11 is 6.38. The first-order valence-corrected chi connectivity index (χ1v) is 17.4. The number of amides is 2. The fourth-order valence-electron chi connectivity index (χ4n) is 5.17. The lowest BCUT2D eigenvalue weighted by atomic mass is 10.0. The highest BCUT2D eigenvalue weighted by atomic mass is 35.5. The van der Waals surface area contributed by atoms with Crippen molar-refractivity contribution in [3.63, 3.8) is 0 Å². The smallest absolute Gasteiger partial charge is 0.264 e. The molecule has 8 nitrogen and oxygen atoms in total. The predicted octanol–water partition coefficient (Wildman–Crippen LogP) is 6.72. The minimum absolute atomic E-state index is 0.00117. The van der Waals surface area contributed by atoms with Gasteiger partial charge in [0.05, 0.1) is 17.7 Å². The number of carbonyl (C=O) groups excluding carboxylic acids is 2. The van der Waals surface area contributed by atoms with Crippen LogP contribution in [-0.4, -0.2) is 50.9 Å². The minimum Gasteiger partial charge on any atom is -0.495 e. The topological polar surface area (TPSA) is 96.0 Å². The zero-order valence-corrected chi connectivity index (χ0v) is 29.0. The third-order valence-electron chi connectivity index (χ3n) is 8.17. The number of sulfonamides is 1. The van der Waals surface area contributed by atoms with Crippen molar-refractivity contribution in [2.45, 2.75) is 64.1 Å². The molecule has 0 spiro atoms. The molecule has 0 radical (unpaired) electrons. The molecule has 0 aliphatic heterocycles. The van der Waals surface area contributed by atoms with Gasteiger partial charge in [-0.1, -0.05) is 90.8 Å². The number of benzene rings is 4. The number of methoxy groups -OCH3 is 1. The minimum atomic E-state index is -4.31. The molecule has 0 aliphatic carbocycles. The number of carbonyl (C=O) groups is 2. The number of halogens is 1. The van der Waals surface area contributed by atoms with E-state index in [9.17, 15) is 18.0 Å². The highest BCUT2D eigenvalue weighted by Gasteiger charge is 2.36. The Labute approximate surface area is 283 Å². The van der Waals surface area contributed by atoms with Gasteiger partial charge in [0.15, 0.2) is 0 Å². The van der Waals surface area contributed by atoms with E-state index >= 15 is 0 Å². The van der Waals surface area contributed by atoms with E-state index in [1.165, 1.54) is 30.2 Å². The van der Waals surface area contributed by atoms with Crippen LogP contribution in [0.25, 0.3) is 0 Å². The normalized spacial score (nSPS) is 12.6. The number of ether oxygens (including phenoxy) is 1. The highest BCUT2D eigenvalue weighted by molar-refractivity contribution is 7.92. The summed E-state index contributed by atoms with van der Waals surface area (Å²) in [4.78, 5) is 30.2. The molecule has 0 heterocycles. The lowest BCUT2D eigenvalue weighted by Gasteiger charge is -2.35. The number of nitrogens with zero attached hydrogens (tertiary/aromatic N) is 2. The van der Waals surface area contributed by atoms with E-state index in [0.29, 0.717) is 6.42 Å². The number of hydrogen-bond acceptors (Lipinski definition) is 5. The molecule has 2 amide bonds. The second-order valence-electron chi connectivity index (χ2n) is 11.6. The van der Waals surface area contributed by atoms with Gasteiger partial charge >= 0.3 is 0 Å². The molecule has 0 saturated carbocycles. The van der Waals surface area contributed by atoms with Crippen molar-refractivity contribution in [2.75, 3.05) is 18.0 Å². The van der Waals surface area contributed by atoms with E-state index in [1.54, 1.807) is 24.3 Å². The Bertz CT molecular complexity index is 1780. The Hall–Kier alpha value is -4.34. The van der Waals surface area contributed by atoms with Crippen LogP contribution in [0.1, 0.15) is 42.5 Å². The van der Waals surface area contributed by atoms with Gasteiger partial charge in [-0.2, -0.15) is 0 Å². The van der Waals surface area contributed by atoms with Crippen LogP contribution in [0.2, 0.25) is 5.02 Å². The lowest BCUT2D eigenvalue weighted by molar-refractivity contribution is -0.140. The zero-order chi connectivity index (χ0) is 34.1. The molecule has 2 atom stereocenters. The average Bonchev–Trinajstić information content (AvgIpc) is 3.06. The van der Waals surface area contributed by atoms with Crippen LogP contribution in [0.15, 0.2) is 102 Å². The molecule has 0 unspecified atom stereocenters. The van der Waals surface area contributed by atoms with Crippen LogP contribution in [-0.2, 0) is 32.6 Å². The number of rotatable bonds is 14. The van der Waals surface area contributed by atoms with Crippen molar-refractivity contribution in [3.05, 3.63) is 124 Å². The van der Waals surface area contributed by atoms with Crippen molar-refractivity contribution in [3.8, 4) is 5.75 Å². The Balaban J connectivity index is 1.87. The molecule has 47 heavy (non-hydrogen) atoms. The molecule has 248 valence electrons. The summed E-state index contributed by atoms with van der Waals surface area (Å²) in [6.07, 6.45) is 0.929. The molecular weight excluding hydrogens is 634 g/mol. The lowest BCUT2D eigenvalue weighted by Crippen LogP contribution is -2.54. The second kappa shape index (κ2) is 16.0. The van der Waals surface area contributed by atoms with Gasteiger partial charge in [0, 0.05) is 24.0 Å². The van der Waals surface area contributed by atoms with E-state index in [2.05, 4.69) is 5.32 Å². The van der Waals surface area contributed by atoms with Crippen molar-refractivity contribution in [1.29, 1.82) is 0 Å². The number of nitrogens with one attached hydrogen (secondary N) is 1. The predicted molar refractivity (Wildman–Crippen MR) is 187 cm³/mol. The molecular formula is C37H42ClN3O5S. The van der Waals surface area contributed by atoms with Gasteiger partial charge in [0.2, 0.25) is 11.8 Å². The first-order valence-electron chi connectivity index (χ1n) is 15.6. The van der Waals surface area contributed by atoms with Crippen LogP contribution < -0.4 is 14.4 Å². The van der Waals surface area contributed by atoms with E-state index in [1.807, 2.05) is 82.3 Å². The Morgan fingerprint density at radius 3 is 2.21 bits per heavy atom. The molecule has 4 rings (SSSR count). The van der Waals surface area contributed by atoms with Crippen molar-refractivity contribution in [2.24, 2.45) is 0 Å². The molecule has 0 aromatic heterocycles. The molecule has 4 aromatic rings. The largest absolute Gasteiger partial charge is 0.495 e. The van der Waals surface area contributed by atoms with Gasteiger partial charge in [-0.05, 0) is 74.2 Å². The third-order valence-corrected chi connectivity index (χ3v) is 10.2. The van der Waals surface area contributed by atoms with Gasteiger partial charge in [-0.25, -0.2) is 8.42 Å². The molecule has 4 aromatic carbocycles. The fraction of sp³-hybridized carbons (Fsp3) is 0.297. The van der Waals surface area contributed by atoms with E-state index in [4.69, 9.17) is 16.3 Å². The molecule has 0 bridgehead atoms. The van der Waals surface area contributed by atoms with Crippen LogP contribution >= 0.6 is 11.6 Å². The van der Waals surface area contributed by atoms with Crippen LogP contribution in [0.5, 0.6) is 5.75 Å². The monoisotopic (exact) mass is 675 g/mol. The summed E-state index contributed by atoms with van der Waals surface area (Å²) in [5.74, 6) is -0.664. The molecule has 0 aliphatic rings. The highest BCUT2D eigenvalue weighted by Crippen LogP contribution is 2.35. The summed E-state index contributed by atoms with van der Waals surface area (Å²) in [6.45, 7) is 7.15. The molecule has 0 saturated heterocycles. The summed E-state index contributed by atoms with van der Waals surface area (Å²) in [5.41, 5.74) is 3.62. The maximum Gasteiger partial charge on any atom is 0.264 e. The summed E-state index contributed by atoms with van der Waals surface area (Å²) in [5, 5.41) is 3.32. The van der Waals surface area contributed by atoms with Gasteiger partial charge < -0.3 is 15.0 Å². The van der Waals surface area contributed by atoms with E-state index in [-0.39, 0.29) is 46.3 Å². The number of aryl methyl sites for hydroxylation is 2. The van der Waals surface area contributed by atoms with Crippen LogP contribution in [0.3, 0.4) is 0 Å². The summed E-state index contributed by atoms with van der Waals surface area (Å²) < 4.78 is 35.3. The van der Waals surface area contributed by atoms with E-state index < -0.39 is 28.5 Å². The Morgan fingerprint density at radius 1 is 0.915 bits per heavy atom. The average molecular weight is 676 g/mol. The molecule has 10 heteroatoms. The van der Waals surface area contributed by atoms with Crippen molar-refractivity contribution < 1.29 is 22.7 Å². The molecule has 1 N–H and O–H groups in total. The molecule has 0 fully saturated rings. The van der Waals surface area contributed by atoms with Crippen molar-refractivity contribution in [1.82, 2.24) is 10.2 Å².